The summed E-state index contributed by atoms with van der Waals surface area (Å²) in [5.74, 6) is 1.18. The number of aryl methyl sites for hydroxylation is 1. The van der Waals surface area contributed by atoms with Crippen LogP contribution in [-0.2, 0) is 6.54 Å². The molecule has 0 spiro atoms. The van der Waals surface area contributed by atoms with Crippen molar-refractivity contribution >= 4 is 5.69 Å². The fraction of sp³-hybridized carbons (Fsp3) is 0.320. The van der Waals surface area contributed by atoms with E-state index in [0.717, 1.165) is 37.6 Å². The minimum atomic E-state index is -4.74. The molecule has 0 N–H and O–H groups in total. The second-order valence-electron chi connectivity index (χ2n) is 8.75. The lowest BCUT2D eigenvalue weighted by atomic mass is 10.1. The van der Waals surface area contributed by atoms with Crippen LogP contribution < -0.4 is 9.64 Å². The Labute approximate surface area is 205 Å². The van der Waals surface area contributed by atoms with Gasteiger partial charge in [-0.25, -0.2) is 9.67 Å². The maximum absolute atomic E-state index is 12.4. The van der Waals surface area contributed by atoms with Gasteiger partial charge in [0.25, 0.3) is 0 Å². The van der Waals surface area contributed by atoms with Crippen molar-refractivity contribution in [3.8, 4) is 28.6 Å². The Kier molecular flexibility index (Phi) is 6.40. The third-order valence-corrected chi connectivity index (χ3v) is 6.08. The van der Waals surface area contributed by atoms with Crippen LogP contribution in [0.25, 0.3) is 22.8 Å². The Balaban J connectivity index is 1.29. The molecule has 0 aliphatic carbocycles. The molecule has 0 atom stereocenters. The summed E-state index contributed by atoms with van der Waals surface area (Å²) < 4.78 is 48.3. The summed E-state index contributed by atoms with van der Waals surface area (Å²) in [5.41, 5.74) is 3.35. The zero-order valence-corrected chi connectivity index (χ0v) is 19.9. The lowest BCUT2D eigenvalue weighted by molar-refractivity contribution is -0.274. The number of nitrogens with zero attached hydrogens (tertiary/aromatic N) is 6. The monoisotopic (exact) mass is 498 g/mol. The minimum absolute atomic E-state index is 0.303. The molecule has 3 heterocycles. The number of hydrogen-bond acceptors (Lipinski definition) is 7. The van der Waals surface area contributed by atoms with E-state index in [1.807, 2.05) is 11.6 Å². The van der Waals surface area contributed by atoms with Gasteiger partial charge in [-0.2, -0.15) is 0 Å². The number of likely N-dealkylation sites (N-methyl/N-ethyl adjacent to an activating group) is 1. The van der Waals surface area contributed by atoms with Crippen molar-refractivity contribution in [3.63, 3.8) is 0 Å². The van der Waals surface area contributed by atoms with Gasteiger partial charge in [0.05, 0.1) is 6.54 Å². The molecule has 8 nitrogen and oxygen atoms in total. The number of hydrogen-bond donors (Lipinski definition) is 0. The van der Waals surface area contributed by atoms with Crippen molar-refractivity contribution < 1.29 is 22.4 Å². The summed E-state index contributed by atoms with van der Waals surface area (Å²) >= 11 is 0. The van der Waals surface area contributed by atoms with Crippen molar-refractivity contribution in [3.05, 3.63) is 66.0 Å². The molecule has 0 unspecified atom stereocenters. The van der Waals surface area contributed by atoms with Crippen LogP contribution in [0.1, 0.15) is 11.4 Å². The van der Waals surface area contributed by atoms with Crippen molar-refractivity contribution in [1.82, 2.24) is 24.8 Å². The first-order valence-electron chi connectivity index (χ1n) is 11.5. The largest absolute Gasteiger partial charge is 0.573 e. The Morgan fingerprint density at radius 3 is 2.47 bits per heavy atom. The molecule has 0 saturated carbocycles. The number of alkyl halides is 3. The minimum Gasteiger partial charge on any atom is -0.406 e. The van der Waals surface area contributed by atoms with Gasteiger partial charge >= 0.3 is 6.36 Å². The van der Waals surface area contributed by atoms with Crippen LogP contribution in [-0.4, -0.2) is 64.4 Å². The highest BCUT2D eigenvalue weighted by Gasteiger charge is 2.31. The van der Waals surface area contributed by atoms with Crippen LogP contribution in [0.4, 0.5) is 18.9 Å². The lowest BCUT2D eigenvalue weighted by Crippen LogP contribution is -2.44. The van der Waals surface area contributed by atoms with Gasteiger partial charge < -0.3 is 19.1 Å². The van der Waals surface area contributed by atoms with E-state index in [2.05, 4.69) is 61.1 Å². The number of anilines is 1. The first-order chi connectivity index (χ1) is 17.2. The van der Waals surface area contributed by atoms with Gasteiger partial charge in [-0.05, 0) is 55.9 Å². The quantitative estimate of drug-likeness (QED) is 0.385. The van der Waals surface area contributed by atoms with Gasteiger partial charge in [-0.15, -0.1) is 18.3 Å². The highest BCUT2D eigenvalue weighted by Crippen LogP contribution is 2.28. The van der Waals surface area contributed by atoms with Crippen LogP contribution in [0, 0.1) is 6.92 Å². The number of piperazine rings is 1. The van der Waals surface area contributed by atoms with Crippen molar-refractivity contribution in [2.45, 2.75) is 19.8 Å². The highest BCUT2D eigenvalue weighted by atomic mass is 19.4. The maximum atomic E-state index is 12.4. The summed E-state index contributed by atoms with van der Waals surface area (Å²) in [6.45, 7) is 6.51. The molecule has 1 aliphatic heterocycles. The van der Waals surface area contributed by atoms with E-state index in [4.69, 9.17) is 4.52 Å². The molecule has 1 fully saturated rings. The van der Waals surface area contributed by atoms with Gasteiger partial charge in [0, 0.05) is 43.5 Å². The van der Waals surface area contributed by atoms with E-state index in [1.165, 1.54) is 30.0 Å². The average molecular weight is 499 g/mol. The summed E-state index contributed by atoms with van der Waals surface area (Å²) in [7, 11) is 2.14. The third kappa shape index (κ3) is 5.51. The third-order valence-electron chi connectivity index (χ3n) is 6.08. The SMILES string of the molecule is Cc1nc(-c2cc(-c3ccc(OC(F)(F)F)cc3)no2)nn1Cc1cccc(N2CCN(C)CC2)c1. The molecule has 1 saturated heterocycles. The predicted molar refractivity (Wildman–Crippen MR) is 128 cm³/mol. The van der Waals surface area contributed by atoms with Crippen molar-refractivity contribution in [1.29, 1.82) is 0 Å². The summed E-state index contributed by atoms with van der Waals surface area (Å²) in [4.78, 5) is 9.23. The van der Waals surface area contributed by atoms with Crippen molar-refractivity contribution in [2.24, 2.45) is 0 Å². The zero-order chi connectivity index (χ0) is 25.3. The number of aromatic nitrogens is 4. The van der Waals surface area contributed by atoms with Crippen molar-refractivity contribution in [2.75, 3.05) is 38.1 Å². The Morgan fingerprint density at radius 2 is 1.75 bits per heavy atom. The van der Waals surface area contributed by atoms with E-state index in [0.29, 0.717) is 29.4 Å². The highest BCUT2D eigenvalue weighted by molar-refractivity contribution is 5.64. The lowest BCUT2D eigenvalue weighted by Gasteiger charge is -2.34. The fourth-order valence-corrected chi connectivity index (χ4v) is 4.11. The summed E-state index contributed by atoms with van der Waals surface area (Å²) in [6, 6.07) is 15.5. The van der Waals surface area contributed by atoms with Crippen LogP contribution in [0.5, 0.6) is 5.75 Å². The van der Waals surface area contributed by atoms with Crippen LogP contribution in [0.15, 0.2) is 59.1 Å². The van der Waals surface area contributed by atoms with E-state index >= 15 is 0 Å². The predicted octanol–water partition coefficient (Wildman–Crippen LogP) is 4.61. The Bertz CT molecular complexity index is 1320. The second kappa shape index (κ2) is 9.65. The van der Waals surface area contributed by atoms with Gasteiger partial charge in [0.1, 0.15) is 17.3 Å². The normalized spacial score (nSPS) is 14.9. The molecule has 0 bridgehead atoms. The molecule has 0 radical (unpaired) electrons. The smallest absolute Gasteiger partial charge is 0.406 e. The standard InChI is InChI=1S/C25H25F3N6O2/c1-17-29-24(23-15-22(31-36-23)19-6-8-21(9-7-19)35-25(26,27)28)30-34(17)16-18-4-3-5-20(14-18)33-12-10-32(2)11-13-33/h3-9,14-15H,10-13,16H2,1-2H3. The molecule has 2 aromatic heterocycles. The van der Waals surface area contributed by atoms with Gasteiger partial charge in [-0.1, -0.05) is 17.3 Å². The Morgan fingerprint density at radius 1 is 1.00 bits per heavy atom. The molecule has 2 aromatic carbocycles. The number of benzene rings is 2. The van der Waals surface area contributed by atoms with Crippen LogP contribution in [0.2, 0.25) is 0 Å². The molecule has 1 aliphatic rings. The van der Waals surface area contributed by atoms with Gasteiger partial charge in [-0.3, -0.25) is 0 Å². The molecule has 5 rings (SSSR count). The topological polar surface area (TPSA) is 72.4 Å². The van der Waals surface area contributed by atoms with Crippen LogP contribution in [0.3, 0.4) is 0 Å². The second-order valence-corrected chi connectivity index (χ2v) is 8.75. The molecule has 36 heavy (non-hydrogen) atoms. The molecule has 4 aromatic rings. The zero-order valence-electron chi connectivity index (χ0n) is 19.9. The van der Waals surface area contributed by atoms with Gasteiger partial charge in [0.15, 0.2) is 0 Å². The van der Waals surface area contributed by atoms with E-state index in [1.54, 1.807) is 6.07 Å². The summed E-state index contributed by atoms with van der Waals surface area (Å²) in [6.07, 6.45) is -4.74. The molecule has 0 amide bonds. The maximum Gasteiger partial charge on any atom is 0.573 e. The number of ether oxygens (including phenoxy) is 1. The van der Waals surface area contributed by atoms with E-state index < -0.39 is 6.36 Å². The number of rotatable bonds is 6. The number of halogens is 3. The van der Waals surface area contributed by atoms with E-state index in [9.17, 15) is 13.2 Å². The summed E-state index contributed by atoms with van der Waals surface area (Å²) in [5, 5.41) is 8.62. The van der Waals surface area contributed by atoms with Gasteiger partial charge in [0.2, 0.25) is 11.6 Å². The molecular weight excluding hydrogens is 473 g/mol. The first kappa shape index (κ1) is 23.9. The average Bonchev–Trinajstić information content (AvgIpc) is 3.47. The Hall–Kier alpha value is -3.86. The first-order valence-corrected chi connectivity index (χ1v) is 11.5. The molecule has 11 heteroatoms. The van der Waals surface area contributed by atoms with Crippen LogP contribution >= 0.6 is 0 Å². The van der Waals surface area contributed by atoms with E-state index in [-0.39, 0.29) is 5.75 Å². The molecular formula is C25H25F3N6O2. The molecule has 188 valence electrons. The fourth-order valence-electron chi connectivity index (χ4n) is 4.11.